The molecule has 94 valence electrons. The second-order valence-corrected chi connectivity index (χ2v) is 3.19. The summed E-state index contributed by atoms with van der Waals surface area (Å²) in [5.74, 6) is 0.287. The Hall–Kier alpha value is -1.89. The van der Waals surface area contributed by atoms with Gasteiger partial charge in [0.1, 0.15) is 12.3 Å². The number of ether oxygens (including phenoxy) is 2. The first-order valence-corrected chi connectivity index (χ1v) is 5.28. The van der Waals surface area contributed by atoms with Gasteiger partial charge < -0.3 is 20.4 Å². The van der Waals surface area contributed by atoms with Gasteiger partial charge >= 0.3 is 0 Å². The van der Waals surface area contributed by atoms with Gasteiger partial charge in [0.25, 0.3) is 0 Å². The van der Waals surface area contributed by atoms with Crippen molar-refractivity contribution in [2.24, 2.45) is 10.9 Å². The van der Waals surface area contributed by atoms with Gasteiger partial charge in [0.2, 0.25) is 5.88 Å². The van der Waals surface area contributed by atoms with E-state index in [0.717, 1.165) is 13.0 Å². The first kappa shape index (κ1) is 13.2. The number of amidine groups is 1. The molecule has 0 radical (unpaired) electrons. The fourth-order valence-electron chi connectivity index (χ4n) is 1.03. The number of hydrogen-bond acceptors (Lipinski definition) is 6. The number of nitrogens with zero attached hydrogens (tertiary/aromatic N) is 3. The minimum Gasteiger partial charge on any atom is -0.474 e. The highest BCUT2D eigenvalue weighted by atomic mass is 16.5. The molecule has 17 heavy (non-hydrogen) atoms. The van der Waals surface area contributed by atoms with E-state index in [1.54, 1.807) is 0 Å². The lowest BCUT2D eigenvalue weighted by atomic mass is 10.4. The zero-order chi connectivity index (χ0) is 12.5. The van der Waals surface area contributed by atoms with E-state index in [1.807, 2.05) is 6.92 Å². The van der Waals surface area contributed by atoms with Crippen molar-refractivity contribution in [2.45, 2.75) is 13.3 Å². The van der Waals surface area contributed by atoms with Crippen molar-refractivity contribution in [1.82, 2.24) is 9.97 Å². The van der Waals surface area contributed by atoms with Crippen molar-refractivity contribution in [3.05, 3.63) is 18.1 Å². The molecule has 7 heteroatoms. The van der Waals surface area contributed by atoms with E-state index in [4.69, 9.17) is 20.4 Å². The molecule has 0 atom stereocenters. The molecule has 0 saturated carbocycles. The summed E-state index contributed by atoms with van der Waals surface area (Å²) in [5, 5.41) is 11.2. The Kier molecular flexibility index (Phi) is 5.73. The molecule has 1 aromatic heterocycles. The third kappa shape index (κ3) is 4.64. The fraction of sp³-hybridized carbons (Fsp3) is 0.500. The standard InChI is InChI=1S/C10H16N4O3/c1-2-3-16-4-5-17-9-7-12-8(6-13-9)10(11)14-15/h6-7,15H,2-5H2,1H3,(H2,11,14). The normalized spacial score (nSPS) is 11.5. The van der Waals surface area contributed by atoms with Crippen LogP contribution in [0.3, 0.4) is 0 Å². The highest BCUT2D eigenvalue weighted by molar-refractivity contribution is 5.94. The molecule has 1 rings (SSSR count). The van der Waals surface area contributed by atoms with Gasteiger partial charge in [0.15, 0.2) is 5.84 Å². The van der Waals surface area contributed by atoms with Crippen LogP contribution >= 0.6 is 0 Å². The predicted molar refractivity (Wildman–Crippen MR) is 61.1 cm³/mol. The fourth-order valence-corrected chi connectivity index (χ4v) is 1.03. The molecule has 7 nitrogen and oxygen atoms in total. The Morgan fingerprint density at radius 2 is 2.18 bits per heavy atom. The highest BCUT2D eigenvalue weighted by Gasteiger charge is 2.02. The third-order valence-electron chi connectivity index (χ3n) is 1.82. The molecule has 0 fully saturated rings. The van der Waals surface area contributed by atoms with Crippen molar-refractivity contribution < 1.29 is 14.7 Å². The Morgan fingerprint density at radius 3 is 2.76 bits per heavy atom. The van der Waals surface area contributed by atoms with E-state index in [9.17, 15) is 0 Å². The van der Waals surface area contributed by atoms with E-state index in [1.165, 1.54) is 12.4 Å². The SMILES string of the molecule is CCCOCCOc1cnc(C(N)=NO)cn1. The minimum absolute atomic E-state index is 0.0877. The van der Waals surface area contributed by atoms with E-state index >= 15 is 0 Å². The lowest BCUT2D eigenvalue weighted by Gasteiger charge is -2.05. The van der Waals surface area contributed by atoms with Crippen molar-refractivity contribution in [3.8, 4) is 5.88 Å². The first-order chi connectivity index (χ1) is 8.27. The summed E-state index contributed by atoms with van der Waals surface area (Å²) in [5.41, 5.74) is 5.63. The molecule has 0 unspecified atom stereocenters. The largest absolute Gasteiger partial charge is 0.474 e. The smallest absolute Gasteiger partial charge is 0.232 e. The average Bonchev–Trinajstić information content (AvgIpc) is 2.38. The molecule has 1 aromatic rings. The summed E-state index contributed by atoms with van der Waals surface area (Å²) in [4.78, 5) is 7.87. The number of rotatable bonds is 7. The summed E-state index contributed by atoms with van der Waals surface area (Å²) in [6.45, 7) is 3.69. The Balaban J connectivity index is 2.35. The van der Waals surface area contributed by atoms with Crippen LogP contribution in [0.25, 0.3) is 0 Å². The number of oxime groups is 1. The lowest BCUT2D eigenvalue weighted by Crippen LogP contribution is -2.15. The van der Waals surface area contributed by atoms with Crippen LogP contribution in [0.2, 0.25) is 0 Å². The van der Waals surface area contributed by atoms with Crippen LogP contribution in [0, 0.1) is 0 Å². The van der Waals surface area contributed by atoms with Crippen LogP contribution < -0.4 is 10.5 Å². The first-order valence-electron chi connectivity index (χ1n) is 5.28. The van der Waals surface area contributed by atoms with Crippen molar-refractivity contribution in [3.63, 3.8) is 0 Å². The zero-order valence-corrected chi connectivity index (χ0v) is 9.67. The number of nitrogens with two attached hydrogens (primary N) is 1. The van der Waals surface area contributed by atoms with Gasteiger partial charge in [-0.3, -0.25) is 0 Å². The van der Waals surface area contributed by atoms with E-state index in [0.29, 0.717) is 24.8 Å². The average molecular weight is 240 g/mol. The zero-order valence-electron chi connectivity index (χ0n) is 9.67. The van der Waals surface area contributed by atoms with Gasteiger partial charge in [-0.15, -0.1) is 0 Å². The van der Waals surface area contributed by atoms with E-state index < -0.39 is 0 Å². The molecule has 1 heterocycles. The number of hydrogen-bond donors (Lipinski definition) is 2. The van der Waals surface area contributed by atoms with Crippen LogP contribution in [-0.4, -0.2) is 40.8 Å². The molecule has 0 amide bonds. The van der Waals surface area contributed by atoms with Crippen LogP contribution in [-0.2, 0) is 4.74 Å². The highest BCUT2D eigenvalue weighted by Crippen LogP contribution is 2.03. The maximum atomic E-state index is 8.43. The van der Waals surface area contributed by atoms with Gasteiger partial charge in [-0.05, 0) is 6.42 Å². The second-order valence-electron chi connectivity index (χ2n) is 3.19. The van der Waals surface area contributed by atoms with Gasteiger partial charge in [-0.1, -0.05) is 12.1 Å². The van der Waals surface area contributed by atoms with Crippen LogP contribution in [0.5, 0.6) is 5.88 Å². The molecule has 0 aliphatic heterocycles. The molecule has 0 spiro atoms. The maximum Gasteiger partial charge on any atom is 0.232 e. The van der Waals surface area contributed by atoms with Crippen LogP contribution in [0.15, 0.2) is 17.5 Å². The van der Waals surface area contributed by atoms with E-state index in [2.05, 4.69) is 15.1 Å². The Morgan fingerprint density at radius 1 is 1.35 bits per heavy atom. The summed E-state index contributed by atoms with van der Waals surface area (Å²) in [6, 6.07) is 0. The van der Waals surface area contributed by atoms with Crippen molar-refractivity contribution in [1.29, 1.82) is 0 Å². The Labute approximate surface area is 99.3 Å². The third-order valence-corrected chi connectivity index (χ3v) is 1.82. The van der Waals surface area contributed by atoms with Crippen molar-refractivity contribution in [2.75, 3.05) is 19.8 Å². The van der Waals surface area contributed by atoms with Crippen LogP contribution in [0.1, 0.15) is 19.0 Å². The van der Waals surface area contributed by atoms with Gasteiger partial charge in [0.05, 0.1) is 19.0 Å². The maximum absolute atomic E-state index is 8.43. The molecule has 3 N–H and O–H groups in total. The topological polar surface area (TPSA) is 103 Å². The molecular formula is C10H16N4O3. The molecule has 0 aliphatic rings. The van der Waals surface area contributed by atoms with E-state index in [-0.39, 0.29) is 5.84 Å². The molecule has 0 aromatic carbocycles. The van der Waals surface area contributed by atoms with Crippen LogP contribution in [0.4, 0.5) is 0 Å². The Bertz CT molecular complexity index is 353. The molecular weight excluding hydrogens is 224 g/mol. The monoisotopic (exact) mass is 240 g/mol. The summed E-state index contributed by atoms with van der Waals surface area (Å²) in [6.07, 6.45) is 3.76. The number of aromatic nitrogens is 2. The summed E-state index contributed by atoms with van der Waals surface area (Å²) >= 11 is 0. The van der Waals surface area contributed by atoms with Gasteiger partial charge in [0, 0.05) is 6.61 Å². The van der Waals surface area contributed by atoms with Gasteiger partial charge in [-0.25, -0.2) is 9.97 Å². The minimum atomic E-state index is -0.0877. The van der Waals surface area contributed by atoms with Crippen molar-refractivity contribution >= 4 is 5.84 Å². The van der Waals surface area contributed by atoms with Gasteiger partial charge in [-0.2, -0.15) is 0 Å². The summed E-state index contributed by atoms with van der Waals surface area (Å²) in [7, 11) is 0. The summed E-state index contributed by atoms with van der Waals surface area (Å²) < 4.78 is 10.5. The lowest BCUT2D eigenvalue weighted by molar-refractivity contribution is 0.0988. The molecule has 0 bridgehead atoms. The molecule has 0 saturated heterocycles. The second kappa shape index (κ2) is 7.39. The predicted octanol–water partition coefficient (Wildman–Crippen LogP) is 0.376. The molecule has 0 aliphatic carbocycles. The quantitative estimate of drug-likeness (QED) is 0.235.